The quantitative estimate of drug-likeness (QED) is 0.795. The summed E-state index contributed by atoms with van der Waals surface area (Å²) >= 11 is 5.95. The van der Waals surface area contributed by atoms with Gasteiger partial charge in [0.25, 0.3) is 0 Å². The SMILES string of the molecule is CC1N(C)c2ccc(C=Nc3cc(Cl)ccc3O)cc2C1(C)C. The molecule has 0 spiro atoms. The first-order chi connectivity index (χ1) is 10.8. The molecule has 0 aliphatic carbocycles. The average Bonchev–Trinajstić information content (AvgIpc) is 2.69. The summed E-state index contributed by atoms with van der Waals surface area (Å²) in [5.41, 5.74) is 4.17. The van der Waals surface area contributed by atoms with Gasteiger partial charge in [-0.15, -0.1) is 0 Å². The summed E-state index contributed by atoms with van der Waals surface area (Å²) in [7, 11) is 2.13. The highest BCUT2D eigenvalue weighted by Crippen LogP contribution is 2.44. The first-order valence-corrected chi connectivity index (χ1v) is 8.08. The molecule has 0 fully saturated rings. The van der Waals surface area contributed by atoms with Crippen molar-refractivity contribution in [1.82, 2.24) is 0 Å². The third-order valence-electron chi connectivity index (χ3n) is 5.01. The van der Waals surface area contributed by atoms with Crippen molar-refractivity contribution in [1.29, 1.82) is 0 Å². The maximum absolute atomic E-state index is 9.84. The predicted molar refractivity (Wildman–Crippen MR) is 97.7 cm³/mol. The summed E-state index contributed by atoms with van der Waals surface area (Å²) < 4.78 is 0. The molecule has 2 aromatic carbocycles. The largest absolute Gasteiger partial charge is 0.506 e. The van der Waals surface area contributed by atoms with Crippen LogP contribution in [-0.2, 0) is 5.41 Å². The second kappa shape index (κ2) is 5.57. The molecule has 1 aliphatic heterocycles. The number of fused-ring (bicyclic) bond motifs is 1. The Morgan fingerprint density at radius 2 is 1.96 bits per heavy atom. The molecule has 1 unspecified atom stereocenters. The average molecular weight is 329 g/mol. The van der Waals surface area contributed by atoms with Gasteiger partial charge < -0.3 is 10.0 Å². The topological polar surface area (TPSA) is 35.8 Å². The molecule has 1 aliphatic rings. The molecule has 2 aromatic rings. The van der Waals surface area contributed by atoms with Gasteiger partial charge >= 0.3 is 0 Å². The van der Waals surface area contributed by atoms with Crippen molar-refractivity contribution in [2.75, 3.05) is 11.9 Å². The van der Waals surface area contributed by atoms with Crippen molar-refractivity contribution in [3.05, 3.63) is 52.5 Å². The van der Waals surface area contributed by atoms with Crippen molar-refractivity contribution in [2.24, 2.45) is 4.99 Å². The molecule has 0 bridgehead atoms. The molecule has 0 radical (unpaired) electrons. The summed E-state index contributed by atoms with van der Waals surface area (Å²) in [6, 6.07) is 11.7. The Morgan fingerprint density at radius 3 is 2.70 bits per heavy atom. The lowest BCUT2D eigenvalue weighted by Crippen LogP contribution is -2.36. The van der Waals surface area contributed by atoms with Crippen LogP contribution in [0.15, 0.2) is 41.4 Å². The molecule has 3 nitrogen and oxygen atoms in total. The van der Waals surface area contributed by atoms with E-state index in [1.165, 1.54) is 11.3 Å². The number of benzene rings is 2. The number of hydrogen-bond acceptors (Lipinski definition) is 3. The molecule has 3 rings (SSSR count). The monoisotopic (exact) mass is 328 g/mol. The van der Waals surface area contributed by atoms with E-state index in [0.717, 1.165) is 5.56 Å². The fourth-order valence-electron chi connectivity index (χ4n) is 3.12. The summed E-state index contributed by atoms with van der Waals surface area (Å²) in [5.74, 6) is 0.125. The van der Waals surface area contributed by atoms with E-state index in [0.29, 0.717) is 16.8 Å². The van der Waals surface area contributed by atoms with Crippen molar-refractivity contribution < 1.29 is 5.11 Å². The smallest absolute Gasteiger partial charge is 0.141 e. The molecule has 0 amide bonds. The van der Waals surface area contributed by atoms with Gasteiger partial charge in [0.05, 0.1) is 0 Å². The number of phenols is 1. The highest BCUT2D eigenvalue weighted by Gasteiger charge is 2.39. The Kier molecular flexibility index (Phi) is 3.85. The lowest BCUT2D eigenvalue weighted by Gasteiger charge is -2.28. The fourth-order valence-corrected chi connectivity index (χ4v) is 3.29. The normalized spacial score (nSPS) is 19.3. The van der Waals surface area contributed by atoms with Crippen LogP contribution < -0.4 is 4.90 Å². The van der Waals surface area contributed by atoms with E-state index in [9.17, 15) is 5.11 Å². The van der Waals surface area contributed by atoms with Gasteiger partial charge in [-0.05, 0) is 48.4 Å². The zero-order chi connectivity index (χ0) is 16.8. The second-order valence-corrected chi connectivity index (χ2v) is 7.11. The van der Waals surface area contributed by atoms with E-state index in [4.69, 9.17) is 11.6 Å². The van der Waals surface area contributed by atoms with Crippen LogP contribution in [-0.4, -0.2) is 24.4 Å². The molecule has 0 saturated heterocycles. The first kappa shape index (κ1) is 15.9. The Morgan fingerprint density at radius 1 is 1.22 bits per heavy atom. The number of anilines is 1. The molecular formula is C19H21ClN2O. The molecule has 0 aromatic heterocycles. The van der Waals surface area contributed by atoms with E-state index in [1.54, 1.807) is 24.4 Å². The number of aliphatic imine (C=N–C) groups is 1. The number of hydrogen-bond donors (Lipinski definition) is 1. The third kappa shape index (κ3) is 2.70. The van der Waals surface area contributed by atoms with Gasteiger partial charge in [0, 0.05) is 35.4 Å². The summed E-state index contributed by atoms with van der Waals surface area (Å²) in [5, 5.41) is 10.4. The first-order valence-electron chi connectivity index (χ1n) is 7.70. The van der Waals surface area contributed by atoms with Crippen LogP contribution in [0.5, 0.6) is 5.75 Å². The standard InChI is InChI=1S/C19H21ClN2O/c1-12-19(2,3)15-9-13(5-7-17(15)22(12)4)11-21-16-10-14(20)6-8-18(16)23/h5-12,23H,1-4H3. The minimum absolute atomic E-state index is 0.0894. The fraction of sp³-hybridized carbons (Fsp3) is 0.316. The van der Waals surface area contributed by atoms with Crippen molar-refractivity contribution in [3.8, 4) is 5.75 Å². The Balaban J connectivity index is 1.96. The molecule has 1 N–H and O–H groups in total. The molecule has 23 heavy (non-hydrogen) atoms. The van der Waals surface area contributed by atoms with E-state index in [1.807, 2.05) is 0 Å². The minimum atomic E-state index is 0.0894. The van der Waals surface area contributed by atoms with Crippen LogP contribution in [0, 0.1) is 0 Å². The van der Waals surface area contributed by atoms with Gasteiger partial charge in [0.2, 0.25) is 0 Å². The van der Waals surface area contributed by atoms with Crippen LogP contribution >= 0.6 is 11.6 Å². The third-order valence-corrected chi connectivity index (χ3v) is 5.25. The molecule has 4 heteroatoms. The minimum Gasteiger partial charge on any atom is -0.506 e. The summed E-state index contributed by atoms with van der Waals surface area (Å²) in [4.78, 5) is 6.69. The van der Waals surface area contributed by atoms with Crippen LogP contribution in [0.3, 0.4) is 0 Å². The second-order valence-electron chi connectivity index (χ2n) is 6.68. The number of likely N-dealkylation sites (N-methyl/N-ethyl adjacent to an activating group) is 1. The van der Waals surface area contributed by atoms with Crippen LogP contribution in [0.1, 0.15) is 31.9 Å². The van der Waals surface area contributed by atoms with E-state index in [2.05, 4.69) is 55.9 Å². The molecule has 120 valence electrons. The summed E-state index contributed by atoms with van der Waals surface area (Å²) in [6.45, 7) is 6.78. The number of halogens is 1. The number of rotatable bonds is 2. The van der Waals surface area contributed by atoms with Gasteiger partial charge in [-0.3, -0.25) is 4.99 Å². The maximum Gasteiger partial charge on any atom is 0.141 e. The predicted octanol–water partition coefficient (Wildman–Crippen LogP) is 4.91. The Bertz CT molecular complexity index is 783. The van der Waals surface area contributed by atoms with Crippen molar-refractivity contribution >= 4 is 29.2 Å². The van der Waals surface area contributed by atoms with E-state index >= 15 is 0 Å². The molecular weight excluding hydrogens is 308 g/mol. The lowest BCUT2D eigenvalue weighted by atomic mass is 9.81. The number of nitrogens with zero attached hydrogens (tertiary/aromatic N) is 2. The van der Waals surface area contributed by atoms with Gasteiger partial charge in [-0.2, -0.15) is 0 Å². The van der Waals surface area contributed by atoms with Crippen LogP contribution in [0.2, 0.25) is 5.02 Å². The highest BCUT2D eigenvalue weighted by atomic mass is 35.5. The van der Waals surface area contributed by atoms with Crippen molar-refractivity contribution in [3.63, 3.8) is 0 Å². The van der Waals surface area contributed by atoms with Gasteiger partial charge in [-0.1, -0.05) is 31.5 Å². The molecule has 0 saturated carbocycles. The van der Waals surface area contributed by atoms with Gasteiger partial charge in [0.15, 0.2) is 0 Å². The maximum atomic E-state index is 9.84. The molecule has 1 heterocycles. The van der Waals surface area contributed by atoms with Crippen molar-refractivity contribution in [2.45, 2.75) is 32.2 Å². The highest BCUT2D eigenvalue weighted by molar-refractivity contribution is 6.30. The Labute approximate surface area is 142 Å². The van der Waals surface area contributed by atoms with E-state index < -0.39 is 0 Å². The Hall–Kier alpha value is -2.00. The number of aromatic hydroxyl groups is 1. The zero-order valence-corrected chi connectivity index (χ0v) is 14.6. The van der Waals surface area contributed by atoms with E-state index in [-0.39, 0.29) is 11.2 Å². The van der Waals surface area contributed by atoms with Crippen LogP contribution in [0.25, 0.3) is 0 Å². The van der Waals surface area contributed by atoms with Crippen LogP contribution in [0.4, 0.5) is 11.4 Å². The van der Waals surface area contributed by atoms with Gasteiger partial charge in [0.1, 0.15) is 11.4 Å². The van der Waals surface area contributed by atoms with Gasteiger partial charge in [-0.25, -0.2) is 0 Å². The number of phenolic OH excluding ortho intramolecular Hbond substituents is 1. The lowest BCUT2D eigenvalue weighted by molar-refractivity contribution is 0.454. The summed E-state index contributed by atoms with van der Waals surface area (Å²) in [6.07, 6.45) is 1.77. The zero-order valence-electron chi connectivity index (χ0n) is 13.8. The molecule has 1 atom stereocenters.